The van der Waals surface area contributed by atoms with Crippen molar-refractivity contribution in [3.8, 4) is 0 Å². The molecule has 200 valence electrons. The zero-order valence-electron chi connectivity index (χ0n) is 22.1. The average molecular weight is 518 g/mol. The Kier molecular flexibility index (Phi) is 10.9. The maximum absolute atomic E-state index is 12.8. The molecule has 1 amide bonds. The van der Waals surface area contributed by atoms with Crippen molar-refractivity contribution < 1.29 is 28.6 Å². The lowest BCUT2D eigenvalue weighted by Crippen LogP contribution is -2.45. The summed E-state index contributed by atoms with van der Waals surface area (Å²) in [6.45, 7) is 5.71. The van der Waals surface area contributed by atoms with Gasteiger partial charge in [0.05, 0.1) is 5.92 Å². The number of hydrogen-bond acceptors (Lipinski definition) is 6. The second-order valence-electron chi connectivity index (χ2n) is 9.54. The first-order chi connectivity index (χ1) is 18.3. The molecule has 0 aliphatic heterocycles. The van der Waals surface area contributed by atoms with Crippen molar-refractivity contribution in [1.29, 1.82) is 0 Å². The molecule has 3 aromatic carbocycles. The first-order valence-electron chi connectivity index (χ1n) is 12.7. The van der Waals surface area contributed by atoms with Gasteiger partial charge in [0.1, 0.15) is 19.8 Å². The Morgan fingerprint density at radius 2 is 1.21 bits per heavy atom. The van der Waals surface area contributed by atoms with Crippen molar-refractivity contribution in [2.24, 2.45) is 5.92 Å². The number of nitrogens with one attached hydrogen (secondary N) is 1. The molecule has 0 aliphatic carbocycles. The van der Waals surface area contributed by atoms with Crippen molar-refractivity contribution in [2.45, 2.75) is 52.4 Å². The third kappa shape index (κ3) is 9.39. The smallest absolute Gasteiger partial charge is 0.408 e. The highest BCUT2D eigenvalue weighted by Gasteiger charge is 2.27. The zero-order chi connectivity index (χ0) is 27.3. The summed E-state index contributed by atoms with van der Waals surface area (Å²) in [5.41, 5.74) is 3.59. The Bertz CT molecular complexity index is 1160. The second kappa shape index (κ2) is 14.6. The van der Waals surface area contributed by atoms with Crippen LogP contribution >= 0.6 is 0 Å². The third-order valence-corrected chi connectivity index (χ3v) is 5.88. The van der Waals surface area contributed by atoms with Gasteiger partial charge in [0.2, 0.25) is 0 Å². The Morgan fingerprint density at radius 1 is 0.658 bits per heavy atom. The summed E-state index contributed by atoms with van der Waals surface area (Å²) < 4.78 is 16.1. The van der Waals surface area contributed by atoms with Crippen molar-refractivity contribution >= 4 is 18.0 Å². The molecule has 0 saturated heterocycles. The van der Waals surface area contributed by atoms with Crippen LogP contribution in [0.1, 0.15) is 48.9 Å². The molecule has 1 N–H and O–H groups in total. The van der Waals surface area contributed by atoms with Gasteiger partial charge in [-0.25, -0.2) is 9.59 Å². The number of carbonyl (C=O) groups excluding carboxylic acids is 3. The van der Waals surface area contributed by atoms with E-state index in [2.05, 4.69) is 19.2 Å². The van der Waals surface area contributed by atoms with E-state index in [1.54, 1.807) is 6.92 Å². The minimum atomic E-state index is -1.23. The van der Waals surface area contributed by atoms with Gasteiger partial charge in [0.15, 0.2) is 6.04 Å². The van der Waals surface area contributed by atoms with Crippen molar-refractivity contribution in [1.82, 2.24) is 5.32 Å². The van der Waals surface area contributed by atoms with E-state index in [4.69, 9.17) is 14.2 Å². The number of benzene rings is 3. The van der Waals surface area contributed by atoms with Crippen LogP contribution < -0.4 is 5.32 Å². The van der Waals surface area contributed by atoms with Crippen molar-refractivity contribution in [3.05, 3.63) is 107 Å². The van der Waals surface area contributed by atoms with Gasteiger partial charge in [-0.15, -0.1) is 0 Å². The van der Waals surface area contributed by atoms with Gasteiger partial charge in [0.25, 0.3) is 0 Å². The number of amides is 1. The number of rotatable bonds is 12. The minimum Gasteiger partial charge on any atom is -0.462 e. The fourth-order valence-electron chi connectivity index (χ4n) is 3.75. The molecule has 0 aromatic heterocycles. The van der Waals surface area contributed by atoms with Crippen LogP contribution in [-0.4, -0.2) is 30.7 Å². The van der Waals surface area contributed by atoms with E-state index < -0.39 is 30.0 Å². The first-order valence-corrected chi connectivity index (χ1v) is 12.7. The molecule has 3 rings (SSSR count). The summed E-state index contributed by atoms with van der Waals surface area (Å²) >= 11 is 0. The quantitative estimate of drug-likeness (QED) is 0.250. The van der Waals surface area contributed by atoms with Crippen molar-refractivity contribution in [3.63, 3.8) is 0 Å². The molecule has 0 saturated carbocycles. The summed E-state index contributed by atoms with van der Waals surface area (Å²) in [6.07, 6.45) is 0.137. The zero-order valence-corrected chi connectivity index (χ0v) is 22.1. The van der Waals surface area contributed by atoms with Crippen LogP contribution in [0.4, 0.5) is 4.79 Å². The predicted octanol–water partition coefficient (Wildman–Crippen LogP) is 5.57. The molecule has 0 aliphatic rings. The third-order valence-electron chi connectivity index (χ3n) is 5.88. The lowest BCUT2D eigenvalue weighted by molar-refractivity contribution is -0.153. The number of carbonyl (C=O) groups is 3. The van der Waals surface area contributed by atoms with Crippen molar-refractivity contribution in [2.75, 3.05) is 6.61 Å². The topological polar surface area (TPSA) is 90.9 Å². The number of hydrogen-bond donors (Lipinski definition) is 1. The Hall–Kier alpha value is -4.13. The molecule has 0 heterocycles. The number of alkyl carbamates (subject to hydrolysis) is 1. The van der Waals surface area contributed by atoms with Gasteiger partial charge >= 0.3 is 18.0 Å². The Balaban J connectivity index is 1.59. The fraction of sp³-hybridized carbons (Fsp3) is 0.323. The molecule has 0 fully saturated rings. The molecule has 7 heteroatoms. The highest BCUT2D eigenvalue weighted by molar-refractivity contribution is 5.82. The van der Waals surface area contributed by atoms with Gasteiger partial charge in [-0.2, -0.15) is 0 Å². The SMILES string of the molecule is CC(C)Cc1ccc(C(C)C(=O)OCC(NC(=O)OCc2ccccc2)C(=O)OCc2ccccc2)cc1. The van der Waals surface area contributed by atoms with Crippen LogP contribution in [-0.2, 0) is 43.4 Å². The van der Waals surface area contributed by atoms with E-state index in [0.717, 1.165) is 23.1 Å². The second-order valence-corrected chi connectivity index (χ2v) is 9.54. The molecule has 7 nitrogen and oxygen atoms in total. The maximum Gasteiger partial charge on any atom is 0.408 e. The van der Waals surface area contributed by atoms with E-state index in [1.165, 1.54) is 5.56 Å². The minimum absolute atomic E-state index is 0.0178. The van der Waals surface area contributed by atoms with E-state index >= 15 is 0 Å². The Labute approximate surface area is 224 Å². The van der Waals surface area contributed by atoms with E-state index in [9.17, 15) is 14.4 Å². The molecule has 0 spiro atoms. The van der Waals surface area contributed by atoms with Crippen LogP contribution in [0.5, 0.6) is 0 Å². The van der Waals surface area contributed by atoms with Gasteiger partial charge in [-0.1, -0.05) is 98.8 Å². The number of ether oxygens (including phenoxy) is 3. The molecule has 0 radical (unpaired) electrons. The summed E-state index contributed by atoms with van der Waals surface area (Å²) in [5.74, 6) is -1.26. The maximum atomic E-state index is 12.8. The molecule has 2 unspecified atom stereocenters. The van der Waals surface area contributed by atoms with Crippen LogP contribution in [0, 0.1) is 5.92 Å². The van der Waals surface area contributed by atoms with Crippen LogP contribution in [0.3, 0.4) is 0 Å². The summed E-state index contributed by atoms with van der Waals surface area (Å²) in [5, 5.41) is 2.47. The summed E-state index contributed by atoms with van der Waals surface area (Å²) in [6, 6.07) is 24.9. The lowest BCUT2D eigenvalue weighted by Gasteiger charge is -2.19. The molecule has 3 aromatic rings. The van der Waals surface area contributed by atoms with Gasteiger partial charge in [-0.05, 0) is 41.5 Å². The largest absolute Gasteiger partial charge is 0.462 e. The first kappa shape index (κ1) is 28.4. The summed E-state index contributed by atoms with van der Waals surface area (Å²) in [7, 11) is 0. The molecule has 2 atom stereocenters. The Morgan fingerprint density at radius 3 is 1.76 bits per heavy atom. The highest BCUT2D eigenvalue weighted by Crippen LogP contribution is 2.19. The fourth-order valence-corrected chi connectivity index (χ4v) is 3.75. The van der Waals surface area contributed by atoms with Gasteiger partial charge < -0.3 is 19.5 Å². The molecule has 38 heavy (non-hydrogen) atoms. The number of esters is 2. The van der Waals surface area contributed by atoms with Crippen LogP contribution in [0.2, 0.25) is 0 Å². The normalized spacial score (nSPS) is 12.3. The predicted molar refractivity (Wildman–Crippen MR) is 144 cm³/mol. The van der Waals surface area contributed by atoms with Crippen LogP contribution in [0.15, 0.2) is 84.9 Å². The lowest BCUT2D eigenvalue weighted by atomic mass is 9.97. The van der Waals surface area contributed by atoms with Gasteiger partial charge in [0, 0.05) is 0 Å². The average Bonchev–Trinajstić information content (AvgIpc) is 2.93. The molecular weight excluding hydrogens is 482 g/mol. The van der Waals surface area contributed by atoms with E-state index in [1.807, 2.05) is 84.9 Å². The molecular formula is C31H35NO6. The van der Waals surface area contributed by atoms with Crippen LogP contribution in [0.25, 0.3) is 0 Å². The van der Waals surface area contributed by atoms with E-state index in [-0.39, 0.29) is 19.8 Å². The van der Waals surface area contributed by atoms with E-state index in [0.29, 0.717) is 5.92 Å². The highest BCUT2D eigenvalue weighted by atomic mass is 16.6. The molecule has 0 bridgehead atoms. The monoisotopic (exact) mass is 517 g/mol. The standard InChI is InChI=1S/C31H35NO6/c1-22(2)18-24-14-16-27(17-15-24)23(3)29(33)37-21-28(30(34)36-19-25-10-6-4-7-11-25)32-31(35)38-20-26-12-8-5-9-13-26/h4-17,22-23,28H,18-21H2,1-3H3,(H,32,35). The summed E-state index contributed by atoms with van der Waals surface area (Å²) in [4.78, 5) is 38.0. The van der Waals surface area contributed by atoms with Gasteiger partial charge in [-0.3, -0.25) is 4.79 Å².